The molecule has 0 aliphatic carbocycles. The minimum absolute atomic E-state index is 0.150. The van der Waals surface area contributed by atoms with E-state index in [9.17, 15) is 4.79 Å². The minimum Gasteiger partial charge on any atom is -0.496 e. The van der Waals surface area contributed by atoms with Crippen LogP contribution in [-0.2, 0) is 16.0 Å². The van der Waals surface area contributed by atoms with Crippen molar-refractivity contribution >= 4 is 16.9 Å². The third kappa shape index (κ3) is 3.51. The van der Waals surface area contributed by atoms with E-state index in [-0.39, 0.29) is 12.4 Å². The fourth-order valence-corrected chi connectivity index (χ4v) is 2.29. The number of carbonyl (C=O) groups excluding carboxylic acids is 1. The molecule has 0 aliphatic heterocycles. The molecule has 0 saturated heterocycles. The number of hydrogen-bond acceptors (Lipinski definition) is 4. The van der Waals surface area contributed by atoms with Crippen molar-refractivity contribution in [3.8, 4) is 5.75 Å². The average Bonchev–Trinajstić information content (AvgIpc) is 2.36. The van der Waals surface area contributed by atoms with E-state index in [1.165, 1.54) is 0 Å². The number of para-hydroxylation sites is 1. The Balaban J connectivity index is 2.39. The van der Waals surface area contributed by atoms with E-state index in [2.05, 4.69) is 4.98 Å². The summed E-state index contributed by atoms with van der Waals surface area (Å²) in [4.78, 5) is 16.4. The van der Waals surface area contributed by atoms with Gasteiger partial charge in [0.15, 0.2) is 0 Å². The zero-order valence-corrected chi connectivity index (χ0v) is 13.2. The quantitative estimate of drug-likeness (QED) is 0.811. The van der Waals surface area contributed by atoms with Gasteiger partial charge in [0.05, 0.1) is 19.0 Å². The highest BCUT2D eigenvalue weighted by molar-refractivity contribution is 5.89. The predicted octanol–water partition coefficient (Wildman–Crippen LogP) is 3.44. The maximum absolute atomic E-state index is 12.0. The highest BCUT2D eigenvalue weighted by atomic mass is 16.6. The highest BCUT2D eigenvalue weighted by Crippen LogP contribution is 2.30. The van der Waals surface area contributed by atoms with E-state index >= 15 is 0 Å². The maximum atomic E-state index is 12.0. The Labute approximate surface area is 125 Å². The zero-order valence-electron chi connectivity index (χ0n) is 13.2. The molecule has 1 heterocycles. The number of pyridine rings is 1. The van der Waals surface area contributed by atoms with Gasteiger partial charge in [0, 0.05) is 17.1 Å². The van der Waals surface area contributed by atoms with Gasteiger partial charge >= 0.3 is 5.97 Å². The first kappa shape index (κ1) is 15.3. The van der Waals surface area contributed by atoms with Crippen molar-refractivity contribution in [2.24, 2.45) is 0 Å². The molecule has 0 radical (unpaired) electrons. The van der Waals surface area contributed by atoms with E-state index in [4.69, 9.17) is 9.47 Å². The average molecular weight is 287 g/mol. The lowest BCUT2D eigenvalue weighted by atomic mass is 10.1. The predicted molar refractivity (Wildman–Crippen MR) is 82.6 cm³/mol. The Morgan fingerprint density at radius 3 is 2.62 bits per heavy atom. The van der Waals surface area contributed by atoms with Gasteiger partial charge in [-0.15, -0.1) is 0 Å². The Morgan fingerprint density at radius 2 is 2.00 bits per heavy atom. The van der Waals surface area contributed by atoms with Gasteiger partial charge in [-0.1, -0.05) is 12.1 Å². The summed E-state index contributed by atoms with van der Waals surface area (Å²) in [6.45, 7) is 7.56. The molecule has 0 fully saturated rings. The number of nitrogens with zero attached hydrogens (tertiary/aromatic N) is 1. The lowest BCUT2D eigenvalue weighted by Crippen LogP contribution is -2.25. The number of benzene rings is 1. The van der Waals surface area contributed by atoms with E-state index in [0.29, 0.717) is 5.75 Å². The summed E-state index contributed by atoms with van der Waals surface area (Å²) in [5.41, 5.74) is 2.22. The van der Waals surface area contributed by atoms with Crippen LogP contribution in [0.5, 0.6) is 5.75 Å². The van der Waals surface area contributed by atoms with E-state index in [1.807, 2.05) is 45.9 Å². The van der Waals surface area contributed by atoms with Crippen LogP contribution in [0.4, 0.5) is 0 Å². The summed E-state index contributed by atoms with van der Waals surface area (Å²) in [6, 6.07) is 5.91. The molecule has 0 amide bonds. The number of carbonyl (C=O) groups is 1. The summed E-state index contributed by atoms with van der Waals surface area (Å²) >= 11 is 0. The molecule has 0 saturated carbocycles. The second kappa shape index (κ2) is 5.72. The standard InChI is InChI=1S/C17H21NO3/c1-11-7-6-8-13-15(11)18-10-12(16(13)20-5)9-14(19)21-17(2,3)4/h6-8,10H,9H2,1-5H3. The third-order valence-corrected chi connectivity index (χ3v) is 3.08. The van der Waals surface area contributed by atoms with Gasteiger partial charge in [-0.25, -0.2) is 0 Å². The maximum Gasteiger partial charge on any atom is 0.310 e. The first-order valence-corrected chi connectivity index (χ1v) is 6.95. The number of rotatable bonds is 3. The SMILES string of the molecule is COc1c(CC(=O)OC(C)(C)C)cnc2c(C)cccc12. The number of ether oxygens (including phenoxy) is 2. The van der Waals surface area contributed by atoms with Crippen molar-refractivity contribution < 1.29 is 14.3 Å². The van der Waals surface area contributed by atoms with Gasteiger partial charge in [0.2, 0.25) is 0 Å². The molecule has 4 heteroatoms. The largest absolute Gasteiger partial charge is 0.496 e. The molecule has 112 valence electrons. The topological polar surface area (TPSA) is 48.4 Å². The summed E-state index contributed by atoms with van der Waals surface area (Å²) < 4.78 is 10.9. The van der Waals surface area contributed by atoms with Crippen molar-refractivity contribution in [2.45, 2.75) is 39.7 Å². The molecule has 0 N–H and O–H groups in total. The second-order valence-corrected chi connectivity index (χ2v) is 6.05. The minimum atomic E-state index is -0.495. The first-order valence-electron chi connectivity index (χ1n) is 6.95. The number of aryl methyl sites for hydroxylation is 1. The molecular weight excluding hydrogens is 266 g/mol. The fraction of sp³-hybridized carbons (Fsp3) is 0.412. The molecule has 2 rings (SSSR count). The number of fused-ring (bicyclic) bond motifs is 1. The molecule has 0 bridgehead atoms. The van der Waals surface area contributed by atoms with Crippen LogP contribution in [0.25, 0.3) is 10.9 Å². The summed E-state index contributed by atoms with van der Waals surface area (Å²) in [6.07, 6.45) is 1.84. The van der Waals surface area contributed by atoms with Gasteiger partial charge in [0.1, 0.15) is 11.4 Å². The molecule has 2 aromatic rings. The van der Waals surface area contributed by atoms with Crippen molar-refractivity contribution in [3.63, 3.8) is 0 Å². The van der Waals surface area contributed by atoms with Gasteiger partial charge in [0.25, 0.3) is 0 Å². The van der Waals surface area contributed by atoms with Crippen molar-refractivity contribution in [1.29, 1.82) is 0 Å². The van der Waals surface area contributed by atoms with Crippen LogP contribution < -0.4 is 4.74 Å². The Bertz CT molecular complexity index is 672. The van der Waals surface area contributed by atoms with Gasteiger partial charge in [-0.2, -0.15) is 0 Å². The van der Waals surface area contributed by atoms with Gasteiger partial charge in [-0.3, -0.25) is 9.78 Å². The van der Waals surface area contributed by atoms with Crippen molar-refractivity contribution in [2.75, 3.05) is 7.11 Å². The van der Waals surface area contributed by atoms with E-state index in [1.54, 1.807) is 13.3 Å². The van der Waals surface area contributed by atoms with Crippen LogP contribution in [0.15, 0.2) is 24.4 Å². The molecule has 0 atom stereocenters. The zero-order chi connectivity index (χ0) is 15.6. The smallest absolute Gasteiger partial charge is 0.310 e. The lowest BCUT2D eigenvalue weighted by Gasteiger charge is -2.20. The van der Waals surface area contributed by atoms with Crippen molar-refractivity contribution in [1.82, 2.24) is 4.98 Å². The number of methoxy groups -OCH3 is 1. The molecule has 1 aromatic heterocycles. The molecule has 1 aromatic carbocycles. The molecule has 4 nitrogen and oxygen atoms in total. The normalized spacial score (nSPS) is 11.5. The summed E-state index contributed by atoms with van der Waals surface area (Å²) in [5, 5.41) is 0.915. The molecule has 0 aliphatic rings. The summed E-state index contributed by atoms with van der Waals surface area (Å²) in [7, 11) is 1.61. The molecular formula is C17H21NO3. The van der Waals surface area contributed by atoms with Crippen LogP contribution in [0, 0.1) is 6.92 Å². The molecule has 0 spiro atoms. The number of aromatic nitrogens is 1. The molecule has 21 heavy (non-hydrogen) atoms. The summed E-state index contributed by atoms with van der Waals surface area (Å²) in [5.74, 6) is 0.407. The fourth-order valence-electron chi connectivity index (χ4n) is 2.29. The highest BCUT2D eigenvalue weighted by Gasteiger charge is 2.19. The third-order valence-electron chi connectivity index (χ3n) is 3.08. The van der Waals surface area contributed by atoms with Crippen LogP contribution in [-0.4, -0.2) is 23.7 Å². The van der Waals surface area contributed by atoms with Crippen LogP contribution in [0.1, 0.15) is 31.9 Å². The van der Waals surface area contributed by atoms with Crippen molar-refractivity contribution in [3.05, 3.63) is 35.5 Å². The van der Waals surface area contributed by atoms with Gasteiger partial charge in [-0.05, 0) is 39.3 Å². The van der Waals surface area contributed by atoms with Gasteiger partial charge < -0.3 is 9.47 Å². The molecule has 0 unspecified atom stereocenters. The van der Waals surface area contributed by atoms with E-state index in [0.717, 1.165) is 22.0 Å². The second-order valence-electron chi connectivity index (χ2n) is 6.05. The first-order chi connectivity index (χ1) is 9.81. The van der Waals surface area contributed by atoms with Crippen LogP contribution >= 0.6 is 0 Å². The van der Waals surface area contributed by atoms with Crippen LogP contribution in [0.3, 0.4) is 0 Å². The lowest BCUT2D eigenvalue weighted by molar-refractivity contribution is -0.153. The monoisotopic (exact) mass is 287 g/mol. The Kier molecular flexibility index (Phi) is 4.16. The Morgan fingerprint density at radius 1 is 1.29 bits per heavy atom. The number of esters is 1. The van der Waals surface area contributed by atoms with E-state index < -0.39 is 5.60 Å². The Hall–Kier alpha value is -2.10. The van der Waals surface area contributed by atoms with Crippen LogP contribution in [0.2, 0.25) is 0 Å². The number of hydrogen-bond donors (Lipinski definition) is 0.